The molecule has 0 aromatic heterocycles. The Kier molecular flexibility index (Phi) is 4.27. The highest BCUT2D eigenvalue weighted by Gasteiger charge is 2.26. The Morgan fingerprint density at radius 3 is 2.58 bits per heavy atom. The van der Waals surface area contributed by atoms with Gasteiger partial charge in [0.25, 0.3) is 5.69 Å². The lowest BCUT2D eigenvalue weighted by Crippen LogP contribution is -2.39. The van der Waals surface area contributed by atoms with Gasteiger partial charge in [-0.15, -0.1) is 0 Å². The molecule has 104 valence electrons. The molecule has 1 aromatic carbocycles. The Hall–Kier alpha value is -1.33. The minimum atomic E-state index is -0.383. The summed E-state index contributed by atoms with van der Waals surface area (Å²) in [6, 6.07) is 5.39. The molecule has 0 saturated heterocycles. The standard InChI is InChI=1S/C13H18ClN3O2/c1-16(11-5-3-10(15)4-6-11)12-7-2-9(14)8-13(12)17(18)19/h2,7-8,10-11H,3-6,15H2,1H3. The smallest absolute Gasteiger partial charge is 0.294 e. The highest BCUT2D eigenvalue weighted by Crippen LogP contribution is 2.34. The van der Waals surface area contributed by atoms with Gasteiger partial charge < -0.3 is 10.6 Å². The van der Waals surface area contributed by atoms with Gasteiger partial charge in [0.05, 0.1) is 4.92 Å². The lowest BCUT2D eigenvalue weighted by molar-refractivity contribution is -0.384. The molecule has 0 bridgehead atoms. The van der Waals surface area contributed by atoms with E-state index in [1.807, 2.05) is 11.9 Å². The van der Waals surface area contributed by atoms with Crippen LogP contribution < -0.4 is 10.6 Å². The van der Waals surface area contributed by atoms with Crippen molar-refractivity contribution in [1.29, 1.82) is 0 Å². The van der Waals surface area contributed by atoms with Crippen molar-refractivity contribution < 1.29 is 4.92 Å². The Bertz CT molecular complexity index is 473. The number of nitrogens with zero attached hydrogens (tertiary/aromatic N) is 2. The maximum atomic E-state index is 11.1. The van der Waals surface area contributed by atoms with E-state index in [0.717, 1.165) is 25.7 Å². The second-order valence-electron chi connectivity index (χ2n) is 5.07. The van der Waals surface area contributed by atoms with E-state index in [1.54, 1.807) is 12.1 Å². The van der Waals surface area contributed by atoms with Gasteiger partial charge in [0.2, 0.25) is 0 Å². The Balaban J connectivity index is 2.23. The van der Waals surface area contributed by atoms with Crippen molar-refractivity contribution >= 4 is 23.0 Å². The predicted molar refractivity (Wildman–Crippen MR) is 76.7 cm³/mol. The average molecular weight is 284 g/mol. The van der Waals surface area contributed by atoms with Crippen LogP contribution in [0.15, 0.2) is 18.2 Å². The molecule has 1 saturated carbocycles. The van der Waals surface area contributed by atoms with Gasteiger partial charge in [-0.3, -0.25) is 10.1 Å². The molecule has 0 unspecified atom stereocenters. The van der Waals surface area contributed by atoms with E-state index in [9.17, 15) is 10.1 Å². The van der Waals surface area contributed by atoms with Gasteiger partial charge in [-0.2, -0.15) is 0 Å². The second kappa shape index (κ2) is 5.75. The van der Waals surface area contributed by atoms with Gasteiger partial charge in [0.15, 0.2) is 0 Å². The summed E-state index contributed by atoms with van der Waals surface area (Å²) >= 11 is 5.83. The number of nitro benzene ring substituents is 1. The number of nitro groups is 1. The van der Waals surface area contributed by atoms with E-state index >= 15 is 0 Å². The molecule has 0 heterocycles. The van der Waals surface area contributed by atoms with Crippen LogP contribution in [0.1, 0.15) is 25.7 Å². The third-order valence-corrected chi connectivity index (χ3v) is 4.04. The van der Waals surface area contributed by atoms with Crippen LogP contribution in [0.5, 0.6) is 0 Å². The summed E-state index contributed by atoms with van der Waals surface area (Å²) in [6.07, 6.45) is 3.88. The van der Waals surface area contributed by atoms with Crippen molar-refractivity contribution in [3.63, 3.8) is 0 Å². The van der Waals surface area contributed by atoms with Crippen molar-refractivity contribution in [2.45, 2.75) is 37.8 Å². The molecule has 0 aliphatic heterocycles. The monoisotopic (exact) mass is 283 g/mol. The van der Waals surface area contributed by atoms with Crippen molar-refractivity contribution in [2.75, 3.05) is 11.9 Å². The molecule has 0 spiro atoms. The van der Waals surface area contributed by atoms with Crippen molar-refractivity contribution in [3.05, 3.63) is 33.3 Å². The van der Waals surface area contributed by atoms with Crippen LogP contribution >= 0.6 is 11.6 Å². The number of benzene rings is 1. The summed E-state index contributed by atoms with van der Waals surface area (Å²) in [5.41, 5.74) is 6.57. The average Bonchev–Trinajstić information content (AvgIpc) is 2.38. The van der Waals surface area contributed by atoms with Crippen LogP contribution in [0, 0.1) is 10.1 Å². The van der Waals surface area contributed by atoms with Crippen LogP contribution in [0.2, 0.25) is 5.02 Å². The molecule has 1 aliphatic rings. The molecule has 2 N–H and O–H groups in total. The molecule has 6 heteroatoms. The van der Waals surface area contributed by atoms with Gasteiger partial charge in [-0.25, -0.2) is 0 Å². The number of halogens is 1. The fourth-order valence-corrected chi connectivity index (χ4v) is 2.79. The summed E-state index contributed by atoms with van der Waals surface area (Å²) in [5.74, 6) is 0. The first-order valence-corrected chi connectivity index (χ1v) is 6.79. The summed E-state index contributed by atoms with van der Waals surface area (Å²) in [5, 5.41) is 11.5. The summed E-state index contributed by atoms with van der Waals surface area (Å²) in [4.78, 5) is 12.7. The van der Waals surface area contributed by atoms with E-state index in [2.05, 4.69) is 0 Å². The van der Waals surface area contributed by atoms with Crippen LogP contribution in [-0.4, -0.2) is 24.1 Å². The Labute approximate surface area is 117 Å². The molecule has 1 fully saturated rings. The summed E-state index contributed by atoms with van der Waals surface area (Å²) < 4.78 is 0. The maximum absolute atomic E-state index is 11.1. The molecule has 19 heavy (non-hydrogen) atoms. The molecule has 1 aliphatic carbocycles. The first-order valence-electron chi connectivity index (χ1n) is 6.41. The molecule has 1 aromatic rings. The summed E-state index contributed by atoms with van der Waals surface area (Å²) in [6.45, 7) is 0. The minimum Gasteiger partial charge on any atom is -0.366 e. The SMILES string of the molecule is CN(c1ccc(Cl)cc1[N+](=O)[O-])C1CCC(N)CC1. The molecule has 2 rings (SSSR count). The number of rotatable bonds is 3. The van der Waals surface area contributed by atoms with E-state index in [-0.39, 0.29) is 16.7 Å². The number of anilines is 1. The number of hydrogen-bond acceptors (Lipinski definition) is 4. The van der Waals surface area contributed by atoms with E-state index in [1.165, 1.54) is 6.07 Å². The first-order chi connectivity index (χ1) is 8.99. The molecule has 0 amide bonds. The lowest BCUT2D eigenvalue weighted by atomic mass is 9.90. The maximum Gasteiger partial charge on any atom is 0.294 e. The second-order valence-corrected chi connectivity index (χ2v) is 5.51. The van der Waals surface area contributed by atoms with Crippen molar-refractivity contribution in [1.82, 2.24) is 0 Å². The van der Waals surface area contributed by atoms with Crippen LogP contribution in [-0.2, 0) is 0 Å². The molecule has 5 nitrogen and oxygen atoms in total. The Morgan fingerprint density at radius 2 is 2.00 bits per heavy atom. The zero-order valence-corrected chi connectivity index (χ0v) is 11.6. The van der Waals surface area contributed by atoms with Crippen molar-refractivity contribution in [2.24, 2.45) is 5.73 Å². The first kappa shape index (κ1) is 14.1. The normalized spacial score (nSPS) is 23.1. The quantitative estimate of drug-likeness (QED) is 0.684. The van der Waals surface area contributed by atoms with E-state index in [0.29, 0.717) is 16.8 Å². The number of nitrogens with two attached hydrogens (primary N) is 1. The third-order valence-electron chi connectivity index (χ3n) is 3.80. The van der Waals surface area contributed by atoms with E-state index < -0.39 is 0 Å². The van der Waals surface area contributed by atoms with Gasteiger partial charge >= 0.3 is 0 Å². The van der Waals surface area contributed by atoms with Crippen LogP contribution in [0.25, 0.3) is 0 Å². The zero-order chi connectivity index (χ0) is 14.0. The van der Waals surface area contributed by atoms with Gasteiger partial charge in [0.1, 0.15) is 5.69 Å². The highest BCUT2D eigenvalue weighted by molar-refractivity contribution is 6.30. The van der Waals surface area contributed by atoms with Gasteiger partial charge in [-0.05, 0) is 37.8 Å². The molecule has 0 atom stereocenters. The summed E-state index contributed by atoms with van der Waals surface area (Å²) in [7, 11) is 1.90. The molecular formula is C13H18ClN3O2. The molecule has 0 radical (unpaired) electrons. The van der Waals surface area contributed by atoms with Crippen molar-refractivity contribution in [3.8, 4) is 0 Å². The highest BCUT2D eigenvalue weighted by atomic mass is 35.5. The van der Waals surface area contributed by atoms with Gasteiger partial charge in [-0.1, -0.05) is 11.6 Å². The molecular weight excluding hydrogens is 266 g/mol. The fraction of sp³-hybridized carbons (Fsp3) is 0.538. The largest absolute Gasteiger partial charge is 0.366 e. The Morgan fingerprint density at radius 1 is 1.37 bits per heavy atom. The lowest BCUT2D eigenvalue weighted by Gasteiger charge is -2.34. The van der Waals surface area contributed by atoms with E-state index in [4.69, 9.17) is 17.3 Å². The van der Waals surface area contributed by atoms with Gasteiger partial charge in [0, 0.05) is 30.2 Å². The predicted octanol–water partition coefficient (Wildman–Crippen LogP) is 2.95. The topological polar surface area (TPSA) is 72.4 Å². The minimum absolute atomic E-state index is 0.0601. The number of hydrogen-bond donors (Lipinski definition) is 1. The zero-order valence-electron chi connectivity index (χ0n) is 10.9. The fourth-order valence-electron chi connectivity index (χ4n) is 2.63. The van der Waals surface area contributed by atoms with Crippen LogP contribution in [0.3, 0.4) is 0 Å². The third kappa shape index (κ3) is 3.16. The van der Waals surface area contributed by atoms with Crippen LogP contribution in [0.4, 0.5) is 11.4 Å².